The van der Waals surface area contributed by atoms with E-state index in [0.717, 1.165) is 0 Å². The molecule has 0 saturated carbocycles. The first-order chi connectivity index (χ1) is 7.91. The standard InChI is InChI=1S/C12H16ClFN2O/c1-7(2)9(15)6-11(17)16-10-5-3-4-8(13)12(10)14/h3-5,7,9H,6,15H2,1-2H3,(H,16,17). The average Bonchev–Trinajstić information content (AvgIpc) is 2.24. The van der Waals surface area contributed by atoms with Crippen LogP contribution >= 0.6 is 11.6 Å². The van der Waals surface area contributed by atoms with Crippen molar-refractivity contribution in [1.82, 2.24) is 0 Å². The molecule has 1 rings (SSSR count). The Morgan fingerprint density at radius 3 is 2.76 bits per heavy atom. The molecule has 0 radical (unpaired) electrons. The summed E-state index contributed by atoms with van der Waals surface area (Å²) in [7, 11) is 0. The predicted molar refractivity (Wildman–Crippen MR) is 67.5 cm³/mol. The van der Waals surface area contributed by atoms with Gasteiger partial charge < -0.3 is 11.1 Å². The number of benzene rings is 1. The number of hydrogen-bond donors (Lipinski definition) is 2. The van der Waals surface area contributed by atoms with E-state index in [9.17, 15) is 9.18 Å². The number of nitrogens with one attached hydrogen (secondary N) is 1. The Morgan fingerprint density at radius 2 is 2.18 bits per heavy atom. The number of carbonyl (C=O) groups excluding carboxylic acids is 1. The van der Waals surface area contributed by atoms with Gasteiger partial charge in [-0.3, -0.25) is 4.79 Å². The normalized spacial score (nSPS) is 12.6. The second kappa shape index (κ2) is 5.98. The van der Waals surface area contributed by atoms with Gasteiger partial charge in [-0.05, 0) is 18.1 Å². The van der Waals surface area contributed by atoms with Crippen LogP contribution in [0, 0.1) is 11.7 Å². The second-order valence-electron chi connectivity index (χ2n) is 4.26. The Hall–Kier alpha value is -1.13. The number of rotatable bonds is 4. The average molecular weight is 259 g/mol. The van der Waals surface area contributed by atoms with Crippen molar-refractivity contribution in [3.63, 3.8) is 0 Å². The second-order valence-corrected chi connectivity index (χ2v) is 4.67. The number of nitrogens with two attached hydrogens (primary N) is 1. The lowest BCUT2D eigenvalue weighted by molar-refractivity contribution is -0.116. The molecule has 0 bridgehead atoms. The highest BCUT2D eigenvalue weighted by Gasteiger charge is 2.15. The van der Waals surface area contributed by atoms with Gasteiger partial charge in [0.15, 0.2) is 5.82 Å². The third-order valence-electron chi connectivity index (χ3n) is 2.50. The van der Waals surface area contributed by atoms with E-state index in [1.807, 2.05) is 13.8 Å². The smallest absolute Gasteiger partial charge is 0.226 e. The molecule has 0 heterocycles. The van der Waals surface area contributed by atoms with Crippen LogP contribution in [0.4, 0.5) is 10.1 Å². The molecule has 0 aliphatic carbocycles. The maximum Gasteiger partial charge on any atom is 0.226 e. The molecular weight excluding hydrogens is 243 g/mol. The van der Waals surface area contributed by atoms with Crippen LogP contribution in [0.15, 0.2) is 18.2 Å². The van der Waals surface area contributed by atoms with Crippen molar-refractivity contribution >= 4 is 23.2 Å². The molecule has 0 aromatic heterocycles. The van der Waals surface area contributed by atoms with Crippen LogP contribution in [0.25, 0.3) is 0 Å². The summed E-state index contributed by atoms with van der Waals surface area (Å²) in [5.41, 5.74) is 5.84. The summed E-state index contributed by atoms with van der Waals surface area (Å²) < 4.78 is 13.5. The lowest BCUT2D eigenvalue weighted by Crippen LogP contribution is -2.31. The van der Waals surface area contributed by atoms with Gasteiger partial charge in [-0.15, -0.1) is 0 Å². The minimum absolute atomic E-state index is 0.0176. The van der Waals surface area contributed by atoms with Crippen molar-refractivity contribution in [3.8, 4) is 0 Å². The van der Waals surface area contributed by atoms with Gasteiger partial charge in [0.05, 0.1) is 10.7 Å². The molecule has 3 nitrogen and oxygen atoms in total. The molecule has 94 valence electrons. The zero-order valence-electron chi connectivity index (χ0n) is 9.84. The molecule has 1 aromatic rings. The Bertz CT molecular complexity index is 409. The van der Waals surface area contributed by atoms with E-state index in [1.54, 1.807) is 6.07 Å². The first-order valence-electron chi connectivity index (χ1n) is 5.41. The van der Waals surface area contributed by atoms with Crippen LogP contribution < -0.4 is 11.1 Å². The van der Waals surface area contributed by atoms with Crippen molar-refractivity contribution in [3.05, 3.63) is 29.0 Å². The van der Waals surface area contributed by atoms with E-state index in [2.05, 4.69) is 5.32 Å². The first-order valence-corrected chi connectivity index (χ1v) is 5.79. The van der Waals surface area contributed by atoms with Gasteiger partial charge in [0.25, 0.3) is 0 Å². The maximum absolute atomic E-state index is 13.5. The monoisotopic (exact) mass is 258 g/mol. The zero-order valence-corrected chi connectivity index (χ0v) is 10.6. The van der Waals surface area contributed by atoms with Gasteiger partial charge in [0.1, 0.15) is 0 Å². The molecule has 17 heavy (non-hydrogen) atoms. The number of anilines is 1. The summed E-state index contributed by atoms with van der Waals surface area (Å²) >= 11 is 5.60. The highest BCUT2D eigenvalue weighted by molar-refractivity contribution is 6.31. The third-order valence-corrected chi connectivity index (χ3v) is 2.79. The largest absolute Gasteiger partial charge is 0.327 e. The third kappa shape index (κ3) is 3.98. The highest BCUT2D eigenvalue weighted by Crippen LogP contribution is 2.22. The summed E-state index contributed by atoms with van der Waals surface area (Å²) in [4.78, 5) is 11.6. The quantitative estimate of drug-likeness (QED) is 0.873. The van der Waals surface area contributed by atoms with Crippen LogP contribution in [0.2, 0.25) is 5.02 Å². The van der Waals surface area contributed by atoms with Crippen molar-refractivity contribution in [2.45, 2.75) is 26.3 Å². The molecule has 3 N–H and O–H groups in total. The minimum Gasteiger partial charge on any atom is -0.327 e. The summed E-state index contributed by atoms with van der Waals surface area (Å²) in [6, 6.07) is 4.22. The number of carbonyl (C=O) groups is 1. The first kappa shape index (κ1) is 13.9. The molecule has 0 aliphatic rings. The van der Waals surface area contributed by atoms with Crippen molar-refractivity contribution in [1.29, 1.82) is 0 Å². The SMILES string of the molecule is CC(C)C(N)CC(=O)Nc1cccc(Cl)c1F. The highest BCUT2D eigenvalue weighted by atomic mass is 35.5. The lowest BCUT2D eigenvalue weighted by atomic mass is 10.0. The van der Waals surface area contributed by atoms with E-state index in [1.165, 1.54) is 12.1 Å². The van der Waals surface area contributed by atoms with E-state index < -0.39 is 5.82 Å². The molecule has 0 aliphatic heterocycles. The molecule has 1 aromatic carbocycles. The molecule has 0 fully saturated rings. The van der Waals surface area contributed by atoms with E-state index in [4.69, 9.17) is 17.3 Å². The predicted octanol–water partition coefficient (Wildman–Crippen LogP) is 2.79. The fourth-order valence-electron chi connectivity index (χ4n) is 1.25. The molecule has 1 atom stereocenters. The fourth-order valence-corrected chi connectivity index (χ4v) is 1.43. The number of amides is 1. The van der Waals surface area contributed by atoms with Crippen molar-refractivity contribution < 1.29 is 9.18 Å². The minimum atomic E-state index is -0.624. The molecular formula is C12H16ClFN2O. The van der Waals surface area contributed by atoms with E-state index >= 15 is 0 Å². The zero-order chi connectivity index (χ0) is 13.0. The summed E-state index contributed by atoms with van der Waals surface area (Å²) in [6.45, 7) is 3.86. The van der Waals surface area contributed by atoms with Gasteiger partial charge in [-0.25, -0.2) is 4.39 Å². The number of hydrogen-bond acceptors (Lipinski definition) is 2. The van der Waals surface area contributed by atoms with Gasteiger partial charge >= 0.3 is 0 Å². The van der Waals surface area contributed by atoms with Crippen LogP contribution in [0.1, 0.15) is 20.3 Å². The van der Waals surface area contributed by atoms with Crippen LogP contribution in [0.3, 0.4) is 0 Å². The fraction of sp³-hybridized carbons (Fsp3) is 0.417. The van der Waals surface area contributed by atoms with Crippen LogP contribution in [-0.4, -0.2) is 11.9 Å². The van der Waals surface area contributed by atoms with Crippen molar-refractivity contribution in [2.24, 2.45) is 11.7 Å². The van der Waals surface area contributed by atoms with E-state index in [0.29, 0.717) is 0 Å². The van der Waals surface area contributed by atoms with Crippen LogP contribution in [-0.2, 0) is 4.79 Å². The van der Waals surface area contributed by atoms with Crippen LogP contribution in [0.5, 0.6) is 0 Å². The Labute approximate surface area is 105 Å². The maximum atomic E-state index is 13.5. The number of halogens is 2. The summed E-state index contributed by atoms with van der Waals surface area (Å²) in [5.74, 6) is -0.738. The molecule has 0 spiro atoms. The van der Waals surface area contributed by atoms with Crippen molar-refractivity contribution in [2.75, 3.05) is 5.32 Å². The lowest BCUT2D eigenvalue weighted by Gasteiger charge is -2.15. The Morgan fingerprint density at radius 1 is 1.53 bits per heavy atom. The van der Waals surface area contributed by atoms with Gasteiger partial charge in [-0.1, -0.05) is 31.5 Å². The Balaban J connectivity index is 2.66. The van der Waals surface area contributed by atoms with Gasteiger partial charge in [-0.2, -0.15) is 0 Å². The van der Waals surface area contributed by atoms with E-state index in [-0.39, 0.29) is 35.0 Å². The molecule has 1 unspecified atom stereocenters. The molecule has 1 amide bonds. The summed E-state index contributed by atoms with van der Waals surface area (Å²) in [6.07, 6.45) is 0.156. The molecule has 0 saturated heterocycles. The van der Waals surface area contributed by atoms with Gasteiger partial charge in [0, 0.05) is 12.5 Å². The summed E-state index contributed by atoms with van der Waals surface area (Å²) in [5, 5.41) is 2.44. The Kier molecular flexibility index (Phi) is 4.90. The topological polar surface area (TPSA) is 55.1 Å². The molecule has 5 heteroatoms. The van der Waals surface area contributed by atoms with Gasteiger partial charge in [0.2, 0.25) is 5.91 Å².